The fourth-order valence-electron chi connectivity index (χ4n) is 5.07. The summed E-state index contributed by atoms with van der Waals surface area (Å²) < 4.78 is 40.2. The number of imide groups is 1. The predicted octanol–water partition coefficient (Wildman–Crippen LogP) is 6.09. The van der Waals surface area contributed by atoms with Crippen molar-refractivity contribution >= 4 is 46.6 Å². The van der Waals surface area contributed by atoms with E-state index in [0.717, 1.165) is 30.4 Å². The Morgan fingerprint density at radius 2 is 1.63 bits per heavy atom. The number of nitriles is 1. The number of piperazine rings is 1. The maximum Gasteiger partial charge on any atom is 0.417 e. The van der Waals surface area contributed by atoms with E-state index < -0.39 is 29.1 Å². The number of amides is 3. The molecule has 41 heavy (non-hydrogen) atoms. The van der Waals surface area contributed by atoms with Crippen molar-refractivity contribution in [2.45, 2.75) is 38.8 Å². The first kappa shape index (κ1) is 30.6. The van der Waals surface area contributed by atoms with E-state index in [4.69, 9.17) is 28.5 Å². The number of benzene rings is 2. The van der Waals surface area contributed by atoms with Gasteiger partial charge in [-0.05, 0) is 63.1 Å². The summed E-state index contributed by atoms with van der Waals surface area (Å²) >= 11 is 12.4. The number of hydrogen-bond acceptors (Lipinski definition) is 5. The maximum atomic E-state index is 13.4. The Morgan fingerprint density at radius 3 is 2.24 bits per heavy atom. The van der Waals surface area contributed by atoms with Crippen LogP contribution in [0, 0.1) is 11.3 Å². The highest BCUT2D eigenvalue weighted by molar-refractivity contribution is 6.39. The Labute approximate surface area is 245 Å². The summed E-state index contributed by atoms with van der Waals surface area (Å²) in [6.45, 7) is 4.79. The van der Waals surface area contributed by atoms with E-state index in [9.17, 15) is 27.6 Å². The summed E-state index contributed by atoms with van der Waals surface area (Å²) in [6, 6.07) is 9.27. The van der Waals surface area contributed by atoms with Crippen LogP contribution in [0.25, 0.3) is 0 Å². The van der Waals surface area contributed by atoms with Gasteiger partial charge in [0.1, 0.15) is 0 Å². The van der Waals surface area contributed by atoms with Crippen LogP contribution in [-0.4, -0.2) is 60.2 Å². The van der Waals surface area contributed by atoms with Crippen molar-refractivity contribution in [3.05, 3.63) is 74.3 Å². The standard InChI is InChI=1S/C29H27Cl2F3N4O3/c1-18-21(27(40)38(26(18)39)20-10-9-19(17-35)22(16-20)29(32,33)34)6-3-2-4-11-36-12-14-37(15-13-36)28(41)25-23(30)7-5-8-24(25)31/h5,7-10,16H,2-4,6,11-15H2,1H3. The van der Waals surface area contributed by atoms with E-state index in [0.29, 0.717) is 66.3 Å². The molecule has 12 heteroatoms. The van der Waals surface area contributed by atoms with Crippen LogP contribution < -0.4 is 4.90 Å². The van der Waals surface area contributed by atoms with Gasteiger partial charge in [-0.3, -0.25) is 19.3 Å². The Morgan fingerprint density at radius 1 is 0.976 bits per heavy atom. The molecular weight excluding hydrogens is 580 g/mol. The summed E-state index contributed by atoms with van der Waals surface area (Å²) in [5.41, 5.74) is -1.17. The molecule has 3 amide bonds. The van der Waals surface area contributed by atoms with Gasteiger partial charge in [0.15, 0.2) is 0 Å². The number of alkyl halides is 3. The number of halogens is 5. The number of carbonyl (C=O) groups excluding carboxylic acids is 3. The zero-order valence-corrected chi connectivity index (χ0v) is 23.7. The Hall–Kier alpha value is -3.39. The zero-order valence-electron chi connectivity index (χ0n) is 22.2. The van der Waals surface area contributed by atoms with Gasteiger partial charge in [0.2, 0.25) is 0 Å². The molecule has 2 aliphatic heterocycles. The number of anilines is 1. The van der Waals surface area contributed by atoms with Gasteiger partial charge in [0, 0.05) is 37.3 Å². The van der Waals surface area contributed by atoms with Crippen LogP contribution in [0.4, 0.5) is 18.9 Å². The maximum absolute atomic E-state index is 13.4. The van der Waals surface area contributed by atoms with Crippen LogP contribution in [0.1, 0.15) is 54.1 Å². The van der Waals surface area contributed by atoms with Crippen molar-refractivity contribution < 1.29 is 27.6 Å². The molecule has 1 fully saturated rings. The summed E-state index contributed by atoms with van der Waals surface area (Å²) in [5.74, 6) is -1.48. The van der Waals surface area contributed by atoms with E-state index in [1.165, 1.54) is 19.1 Å². The second-order valence-corrected chi connectivity index (χ2v) is 10.7. The molecule has 2 aromatic carbocycles. The van der Waals surface area contributed by atoms with E-state index >= 15 is 0 Å². The summed E-state index contributed by atoms with van der Waals surface area (Å²) in [6.07, 6.45) is -2.22. The fourth-order valence-corrected chi connectivity index (χ4v) is 5.62. The van der Waals surface area contributed by atoms with Crippen molar-refractivity contribution in [1.29, 1.82) is 5.26 Å². The van der Waals surface area contributed by atoms with E-state index in [-0.39, 0.29) is 17.2 Å². The van der Waals surface area contributed by atoms with Crippen molar-refractivity contribution in [3.63, 3.8) is 0 Å². The largest absolute Gasteiger partial charge is 0.417 e. The second-order valence-electron chi connectivity index (χ2n) is 9.93. The Bertz CT molecular complexity index is 1420. The smallest absolute Gasteiger partial charge is 0.336 e. The lowest BCUT2D eigenvalue weighted by molar-refractivity contribution is -0.138. The van der Waals surface area contributed by atoms with E-state index in [1.54, 1.807) is 23.1 Å². The lowest BCUT2D eigenvalue weighted by Crippen LogP contribution is -2.48. The van der Waals surface area contributed by atoms with Crippen molar-refractivity contribution in [2.24, 2.45) is 0 Å². The summed E-state index contributed by atoms with van der Waals surface area (Å²) in [5, 5.41) is 9.66. The van der Waals surface area contributed by atoms with Gasteiger partial charge in [-0.2, -0.15) is 18.4 Å². The van der Waals surface area contributed by atoms with Gasteiger partial charge >= 0.3 is 6.18 Å². The lowest BCUT2D eigenvalue weighted by Gasteiger charge is -2.35. The van der Waals surface area contributed by atoms with Crippen molar-refractivity contribution in [2.75, 3.05) is 37.6 Å². The molecule has 0 aromatic heterocycles. The number of nitrogens with zero attached hydrogens (tertiary/aromatic N) is 4. The van der Waals surface area contributed by atoms with E-state index in [2.05, 4.69) is 4.90 Å². The minimum Gasteiger partial charge on any atom is -0.336 e. The van der Waals surface area contributed by atoms with Gasteiger partial charge in [0.25, 0.3) is 17.7 Å². The molecule has 0 spiro atoms. The second kappa shape index (κ2) is 12.6. The fraction of sp³-hybridized carbons (Fsp3) is 0.379. The highest BCUT2D eigenvalue weighted by Gasteiger charge is 2.39. The first-order chi connectivity index (χ1) is 19.4. The third kappa shape index (κ3) is 6.58. The van der Waals surface area contributed by atoms with Crippen LogP contribution >= 0.6 is 23.2 Å². The minimum atomic E-state index is -4.80. The molecule has 4 rings (SSSR count). The summed E-state index contributed by atoms with van der Waals surface area (Å²) in [7, 11) is 0. The average molecular weight is 607 g/mol. The first-order valence-corrected chi connectivity index (χ1v) is 13.8. The predicted molar refractivity (Wildman–Crippen MR) is 149 cm³/mol. The molecule has 216 valence electrons. The number of hydrogen-bond donors (Lipinski definition) is 0. The lowest BCUT2D eigenvalue weighted by atomic mass is 10.0. The van der Waals surface area contributed by atoms with Crippen LogP contribution in [0.3, 0.4) is 0 Å². The minimum absolute atomic E-state index is 0.190. The monoisotopic (exact) mass is 606 g/mol. The normalized spacial score (nSPS) is 16.5. The highest BCUT2D eigenvalue weighted by Crippen LogP contribution is 2.37. The molecule has 2 heterocycles. The quantitative estimate of drug-likeness (QED) is 0.268. The van der Waals surface area contributed by atoms with Crippen LogP contribution in [0.2, 0.25) is 10.0 Å². The van der Waals surface area contributed by atoms with Gasteiger partial charge < -0.3 is 4.90 Å². The molecular formula is C29H27Cl2F3N4O3. The number of unbranched alkanes of at least 4 members (excludes halogenated alkanes) is 2. The molecule has 0 bridgehead atoms. The Balaban J connectivity index is 1.25. The molecule has 0 unspecified atom stereocenters. The average Bonchev–Trinajstić information content (AvgIpc) is 3.15. The van der Waals surface area contributed by atoms with Gasteiger partial charge in [0.05, 0.1) is 38.5 Å². The van der Waals surface area contributed by atoms with Crippen LogP contribution in [-0.2, 0) is 15.8 Å². The topological polar surface area (TPSA) is 84.7 Å². The first-order valence-electron chi connectivity index (χ1n) is 13.1. The van der Waals surface area contributed by atoms with Gasteiger partial charge in [-0.15, -0.1) is 0 Å². The Kier molecular flexibility index (Phi) is 9.42. The third-order valence-corrected chi connectivity index (χ3v) is 7.99. The third-order valence-electron chi connectivity index (χ3n) is 7.36. The summed E-state index contributed by atoms with van der Waals surface area (Å²) in [4.78, 5) is 43.4. The van der Waals surface area contributed by atoms with Crippen molar-refractivity contribution in [3.8, 4) is 6.07 Å². The van der Waals surface area contributed by atoms with Gasteiger partial charge in [-0.1, -0.05) is 35.7 Å². The van der Waals surface area contributed by atoms with Crippen molar-refractivity contribution in [1.82, 2.24) is 9.80 Å². The molecule has 0 N–H and O–H groups in total. The van der Waals surface area contributed by atoms with Gasteiger partial charge in [-0.25, -0.2) is 4.90 Å². The van der Waals surface area contributed by atoms with E-state index in [1.807, 2.05) is 0 Å². The molecule has 0 radical (unpaired) electrons. The van der Waals surface area contributed by atoms with Crippen LogP contribution in [0.15, 0.2) is 47.5 Å². The molecule has 0 aliphatic carbocycles. The molecule has 0 atom stereocenters. The molecule has 2 aliphatic rings. The number of rotatable bonds is 8. The number of carbonyl (C=O) groups is 3. The SMILES string of the molecule is CC1=C(CCCCCN2CCN(C(=O)c3c(Cl)cccc3Cl)CC2)C(=O)N(c2ccc(C#N)c(C(F)(F)F)c2)C1=O. The highest BCUT2D eigenvalue weighted by atomic mass is 35.5. The molecule has 1 saturated heterocycles. The zero-order chi connectivity index (χ0) is 29.9. The molecule has 2 aromatic rings. The van der Waals surface area contributed by atoms with Crippen LogP contribution in [0.5, 0.6) is 0 Å². The molecule has 0 saturated carbocycles. The molecule has 7 nitrogen and oxygen atoms in total.